The number of pyridine rings is 1. The molecule has 0 spiro atoms. The van der Waals surface area contributed by atoms with Gasteiger partial charge in [0.15, 0.2) is 0 Å². The highest BCUT2D eigenvalue weighted by atomic mass is 35.5. The first-order chi connectivity index (χ1) is 13.3. The Kier molecular flexibility index (Phi) is 5.91. The number of amides is 1. The number of carbonyl (C=O) groups is 2. The van der Waals surface area contributed by atoms with Crippen molar-refractivity contribution in [3.63, 3.8) is 0 Å². The predicted molar refractivity (Wildman–Crippen MR) is 111 cm³/mol. The Labute approximate surface area is 172 Å². The molecule has 0 saturated heterocycles. The maximum atomic E-state index is 12.9. The van der Waals surface area contributed by atoms with E-state index in [0.717, 1.165) is 5.52 Å². The second-order valence-electron chi connectivity index (χ2n) is 6.73. The molecule has 6 nitrogen and oxygen atoms in total. The van der Waals surface area contributed by atoms with E-state index in [1.165, 1.54) is 12.4 Å². The molecular formula is C20H19Cl2N3O3. The number of methoxy groups -OCH3 is 1. The Balaban J connectivity index is 2.01. The molecule has 8 heteroatoms. The van der Waals surface area contributed by atoms with Crippen molar-refractivity contribution in [2.75, 3.05) is 12.4 Å². The van der Waals surface area contributed by atoms with Gasteiger partial charge in [-0.05, 0) is 24.1 Å². The van der Waals surface area contributed by atoms with E-state index < -0.39 is 11.7 Å². The van der Waals surface area contributed by atoms with Crippen LogP contribution >= 0.6 is 23.2 Å². The number of nitrogens with zero attached hydrogens (tertiary/aromatic N) is 2. The molecule has 28 heavy (non-hydrogen) atoms. The lowest BCUT2D eigenvalue weighted by atomic mass is 10.1. The molecular weight excluding hydrogens is 401 g/mol. The minimum Gasteiger partial charge on any atom is -0.497 e. The topological polar surface area (TPSA) is 73.2 Å². The van der Waals surface area contributed by atoms with Crippen LogP contribution in [0.5, 0.6) is 5.75 Å². The highest BCUT2D eigenvalue weighted by Gasteiger charge is 2.24. The number of rotatable bonds is 6. The summed E-state index contributed by atoms with van der Waals surface area (Å²) in [7, 11) is 1.55. The molecule has 2 aromatic heterocycles. The van der Waals surface area contributed by atoms with Crippen LogP contribution in [-0.4, -0.2) is 28.4 Å². The lowest BCUT2D eigenvalue weighted by molar-refractivity contribution is -0.112. The van der Waals surface area contributed by atoms with E-state index >= 15 is 0 Å². The molecule has 0 bridgehead atoms. The fraction of sp³-hybridized carbons (Fsp3) is 0.250. The van der Waals surface area contributed by atoms with Crippen molar-refractivity contribution < 1.29 is 14.3 Å². The van der Waals surface area contributed by atoms with E-state index in [9.17, 15) is 9.59 Å². The van der Waals surface area contributed by atoms with Crippen LogP contribution < -0.4 is 10.1 Å². The molecule has 0 fully saturated rings. The van der Waals surface area contributed by atoms with Crippen molar-refractivity contribution in [1.29, 1.82) is 0 Å². The van der Waals surface area contributed by atoms with Gasteiger partial charge in [0, 0.05) is 36.0 Å². The smallest absolute Gasteiger partial charge is 0.296 e. The molecule has 0 saturated carbocycles. The maximum absolute atomic E-state index is 12.9. The largest absolute Gasteiger partial charge is 0.497 e. The van der Waals surface area contributed by atoms with Crippen molar-refractivity contribution in [3.05, 3.63) is 52.4 Å². The molecule has 1 amide bonds. The molecule has 3 aromatic rings. The first kappa shape index (κ1) is 20.2. The van der Waals surface area contributed by atoms with Crippen LogP contribution in [-0.2, 0) is 11.3 Å². The number of nitrogens with one attached hydrogen (secondary N) is 1. The zero-order valence-corrected chi connectivity index (χ0v) is 17.1. The molecule has 0 unspecified atom stereocenters. The summed E-state index contributed by atoms with van der Waals surface area (Å²) in [6, 6.07) is 5.45. The second-order valence-corrected chi connectivity index (χ2v) is 7.55. The Hall–Kier alpha value is -2.57. The summed E-state index contributed by atoms with van der Waals surface area (Å²) >= 11 is 12.1. The van der Waals surface area contributed by atoms with Crippen LogP contribution in [0.25, 0.3) is 10.9 Å². The summed E-state index contributed by atoms with van der Waals surface area (Å²) in [5, 5.41) is 3.43. The van der Waals surface area contributed by atoms with Gasteiger partial charge in [-0.1, -0.05) is 37.0 Å². The van der Waals surface area contributed by atoms with Crippen LogP contribution in [0.4, 0.5) is 5.69 Å². The number of hydrogen-bond acceptors (Lipinski definition) is 4. The lowest BCUT2D eigenvalue weighted by Crippen LogP contribution is -2.23. The Morgan fingerprint density at radius 3 is 2.50 bits per heavy atom. The number of aromatic nitrogens is 2. The summed E-state index contributed by atoms with van der Waals surface area (Å²) in [6.45, 7) is 4.87. The van der Waals surface area contributed by atoms with Gasteiger partial charge >= 0.3 is 0 Å². The maximum Gasteiger partial charge on any atom is 0.296 e. The van der Waals surface area contributed by atoms with Crippen molar-refractivity contribution in [2.24, 2.45) is 5.92 Å². The van der Waals surface area contributed by atoms with E-state index in [1.807, 2.05) is 16.7 Å². The summed E-state index contributed by atoms with van der Waals surface area (Å²) in [5.41, 5.74) is 1.29. The number of anilines is 1. The molecule has 2 heterocycles. The van der Waals surface area contributed by atoms with Crippen LogP contribution in [0.1, 0.15) is 24.2 Å². The van der Waals surface area contributed by atoms with Crippen molar-refractivity contribution in [2.45, 2.75) is 20.4 Å². The quantitative estimate of drug-likeness (QED) is 0.458. The zero-order chi connectivity index (χ0) is 20.4. The standard InChI is InChI=1S/C20H19Cl2N3O3/c1-11(2)9-25-10-14(13-6-12(28-3)4-5-17(13)25)19(26)20(27)24-18-15(21)7-23-8-16(18)22/h4-8,10-11H,9H2,1-3H3,(H,23,24,27). The normalized spacial score (nSPS) is 11.1. The first-order valence-electron chi connectivity index (χ1n) is 8.63. The van der Waals surface area contributed by atoms with E-state index in [-0.39, 0.29) is 21.3 Å². The Bertz CT molecular complexity index is 1040. The number of ketones is 1. The number of Topliss-reactive ketones (excluding diaryl/α,β-unsaturated/α-hetero) is 1. The summed E-state index contributed by atoms with van der Waals surface area (Å²) < 4.78 is 7.24. The minimum atomic E-state index is -0.832. The number of benzene rings is 1. The van der Waals surface area contributed by atoms with Gasteiger partial charge in [0.2, 0.25) is 0 Å². The van der Waals surface area contributed by atoms with Crippen LogP contribution in [0.2, 0.25) is 10.0 Å². The SMILES string of the molecule is COc1ccc2c(c1)c(C(=O)C(=O)Nc1c(Cl)cncc1Cl)cn2CC(C)C. The van der Waals surface area contributed by atoms with Gasteiger partial charge in [0.05, 0.1) is 28.4 Å². The summed E-state index contributed by atoms with van der Waals surface area (Å²) in [6.07, 6.45) is 4.38. The second kappa shape index (κ2) is 8.20. The number of hydrogen-bond donors (Lipinski definition) is 1. The predicted octanol–water partition coefficient (Wildman–Crippen LogP) is 4.83. The van der Waals surface area contributed by atoms with Crippen LogP contribution in [0, 0.1) is 5.92 Å². The average molecular weight is 420 g/mol. The van der Waals surface area contributed by atoms with Gasteiger partial charge < -0.3 is 14.6 Å². The molecule has 1 N–H and O–H groups in total. The third kappa shape index (κ3) is 3.98. The Morgan fingerprint density at radius 2 is 1.89 bits per heavy atom. The van der Waals surface area contributed by atoms with Crippen molar-refractivity contribution in [1.82, 2.24) is 9.55 Å². The molecule has 3 rings (SSSR count). The summed E-state index contributed by atoms with van der Waals surface area (Å²) in [4.78, 5) is 29.4. The number of carbonyl (C=O) groups excluding carboxylic acids is 2. The van der Waals surface area contributed by atoms with Gasteiger partial charge in [-0.25, -0.2) is 0 Å². The summed E-state index contributed by atoms with van der Waals surface area (Å²) in [5.74, 6) is -0.556. The van der Waals surface area contributed by atoms with Gasteiger partial charge in [0.25, 0.3) is 11.7 Å². The number of ether oxygens (including phenoxy) is 1. The van der Waals surface area contributed by atoms with Crippen LogP contribution in [0.3, 0.4) is 0 Å². The lowest BCUT2D eigenvalue weighted by Gasteiger charge is -2.08. The fourth-order valence-electron chi connectivity index (χ4n) is 2.95. The zero-order valence-electron chi connectivity index (χ0n) is 15.6. The van der Waals surface area contributed by atoms with Gasteiger partial charge in [-0.3, -0.25) is 14.6 Å². The highest BCUT2D eigenvalue weighted by Crippen LogP contribution is 2.30. The van der Waals surface area contributed by atoms with E-state index in [1.54, 1.807) is 19.4 Å². The monoisotopic (exact) mass is 419 g/mol. The Morgan fingerprint density at radius 1 is 1.21 bits per heavy atom. The molecule has 0 radical (unpaired) electrons. The number of halogens is 2. The van der Waals surface area contributed by atoms with Gasteiger partial charge in [-0.2, -0.15) is 0 Å². The molecule has 0 aliphatic carbocycles. The highest BCUT2D eigenvalue weighted by molar-refractivity contribution is 6.50. The van der Waals surface area contributed by atoms with Gasteiger partial charge in [0.1, 0.15) is 5.75 Å². The molecule has 0 atom stereocenters. The molecule has 1 aromatic carbocycles. The molecule has 0 aliphatic rings. The van der Waals surface area contributed by atoms with Gasteiger partial charge in [-0.15, -0.1) is 0 Å². The first-order valence-corrected chi connectivity index (χ1v) is 9.39. The third-order valence-corrected chi connectivity index (χ3v) is 4.77. The van der Waals surface area contributed by atoms with Crippen molar-refractivity contribution in [3.8, 4) is 5.75 Å². The third-order valence-electron chi connectivity index (χ3n) is 4.19. The molecule has 0 aliphatic heterocycles. The van der Waals surface area contributed by atoms with Crippen LogP contribution in [0.15, 0.2) is 36.8 Å². The minimum absolute atomic E-state index is 0.151. The van der Waals surface area contributed by atoms with E-state index in [4.69, 9.17) is 27.9 Å². The van der Waals surface area contributed by atoms with E-state index in [0.29, 0.717) is 23.6 Å². The average Bonchev–Trinajstić information content (AvgIpc) is 3.01. The number of fused-ring (bicyclic) bond motifs is 1. The fourth-order valence-corrected chi connectivity index (χ4v) is 3.41. The molecule has 146 valence electrons. The van der Waals surface area contributed by atoms with E-state index in [2.05, 4.69) is 24.1 Å². The van der Waals surface area contributed by atoms with Crippen molar-refractivity contribution >= 4 is 51.5 Å².